The Labute approximate surface area is 147 Å². The molecule has 9 heteroatoms. The lowest BCUT2D eigenvalue weighted by atomic mass is 9.84. The second-order valence-corrected chi connectivity index (χ2v) is 6.82. The van der Waals surface area contributed by atoms with Crippen molar-refractivity contribution in [3.63, 3.8) is 0 Å². The molecule has 1 saturated heterocycles. The van der Waals surface area contributed by atoms with Crippen molar-refractivity contribution in [1.82, 2.24) is 0 Å². The first-order valence-electron chi connectivity index (χ1n) is 8.40. The number of carbonyl (C=O) groups is 1. The number of alkyl halides is 2. The molecule has 2 aliphatic heterocycles. The summed E-state index contributed by atoms with van der Waals surface area (Å²) in [6.45, 7) is 0.807. The average molecular weight is 369 g/mol. The number of hydrogen-bond acceptors (Lipinski definition) is 5. The van der Waals surface area contributed by atoms with Gasteiger partial charge in [-0.15, -0.1) is 0 Å². The first-order valence-corrected chi connectivity index (χ1v) is 8.40. The Bertz CT molecular complexity index is 767. The molecule has 26 heavy (non-hydrogen) atoms. The van der Waals surface area contributed by atoms with Crippen LogP contribution in [-0.4, -0.2) is 37.7 Å². The summed E-state index contributed by atoms with van der Waals surface area (Å²) in [5.74, 6) is -2.07. The number of amides is 1. The number of ether oxygens (including phenoxy) is 2. The van der Waals surface area contributed by atoms with Gasteiger partial charge in [-0.3, -0.25) is 4.79 Å². The molecule has 2 heterocycles. The zero-order valence-corrected chi connectivity index (χ0v) is 13.8. The van der Waals surface area contributed by atoms with Crippen LogP contribution in [0.25, 0.3) is 0 Å². The van der Waals surface area contributed by atoms with Gasteiger partial charge in [0.2, 0.25) is 5.91 Å². The molecule has 1 amide bonds. The van der Waals surface area contributed by atoms with Crippen molar-refractivity contribution in [2.45, 2.75) is 30.9 Å². The van der Waals surface area contributed by atoms with E-state index in [4.69, 9.17) is 15.2 Å². The fourth-order valence-corrected chi connectivity index (χ4v) is 3.70. The Morgan fingerprint density at radius 3 is 2.92 bits per heavy atom. The van der Waals surface area contributed by atoms with Crippen molar-refractivity contribution in [3.05, 3.63) is 29.6 Å². The Morgan fingerprint density at radius 1 is 1.42 bits per heavy atom. The van der Waals surface area contributed by atoms with Crippen molar-refractivity contribution in [3.8, 4) is 0 Å². The van der Waals surface area contributed by atoms with Crippen LogP contribution in [0.2, 0.25) is 0 Å². The van der Waals surface area contributed by atoms with Crippen LogP contribution in [0.15, 0.2) is 23.2 Å². The number of carbonyl (C=O) groups excluding carboxylic acids is 1. The number of nitrogens with zero attached hydrogens (tertiary/aromatic N) is 1. The monoisotopic (exact) mass is 369 g/mol. The molecule has 2 fully saturated rings. The van der Waals surface area contributed by atoms with Crippen LogP contribution >= 0.6 is 0 Å². The molecule has 4 rings (SSSR count). The molecule has 3 N–H and O–H groups in total. The normalized spacial score (nSPS) is 32.6. The topological polar surface area (TPSA) is 85.9 Å². The summed E-state index contributed by atoms with van der Waals surface area (Å²) in [4.78, 5) is 16.0. The van der Waals surface area contributed by atoms with Gasteiger partial charge in [0.05, 0.1) is 12.5 Å². The molecule has 0 spiro atoms. The SMILES string of the molecule is NC1=N[C@@](c2cc(NC(=O)C3CCOC3)ccc2F)(C(F)F)[C@H]2C[C@H]2O1. The largest absolute Gasteiger partial charge is 0.462 e. The van der Waals surface area contributed by atoms with Gasteiger partial charge in [-0.2, -0.15) is 0 Å². The summed E-state index contributed by atoms with van der Waals surface area (Å²) < 4.78 is 52.9. The number of benzene rings is 1. The average Bonchev–Trinajstić information content (AvgIpc) is 3.16. The van der Waals surface area contributed by atoms with Crippen LogP contribution in [-0.2, 0) is 19.8 Å². The lowest BCUT2D eigenvalue weighted by Crippen LogP contribution is -2.43. The van der Waals surface area contributed by atoms with Gasteiger partial charge >= 0.3 is 0 Å². The van der Waals surface area contributed by atoms with Gasteiger partial charge in [0.1, 0.15) is 11.9 Å². The molecule has 0 aromatic heterocycles. The van der Waals surface area contributed by atoms with Gasteiger partial charge in [0.15, 0.2) is 5.54 Å². The molecule has 0 bridgehead atoms. The minimum Gasteiger partial charge on any atom is -0.462 e. The Hall–Kier alpha value is -2.29. The van der Waals surface area contributed by atoms with E-state index >= 15 is 0 Å². The minimum atomic E-state index is -2.97. The van der Waals surface area contributed by atoms with Crippen LogP contribution in [0.5, 0.6) is 0 Å². The summed E-state index contributed by atoms with van der Waals surface area (Å²) in [7, 11) is 0. The highest BCUT2D eigenvalue weighted by Crippen LogP contribution is 2.56. The van der Waals surface area contributed by atoms with Gasteiger partial charge in [-0.1, -0.05) is 0 Å². The molecular formula is C17H18F3N3O3. The van der Waals surface area contributed by atoms with Crippen molar-refractivity contribution in [2.24, 2.45) is 22.6 Å². The molecule has 1 aromatic carbocycles. The quantitative estimate of drug-likeness (QED) is 0.850. The van der Waals surface area contributed by atoms with Crippen LogP contribution < -0.4 is 11.1 Å². The van der Waals surface area contributed by atoms with Crippen molar-refractivity contribution < 1.29 is 27.4 Å². The third-order valence-corrected chi connectivity index (χ3v) is 5.16. The molecule has 1 aliphatic carbocycles. The number of aliphatic imine (C=N–C) groups is 1. The van der Waals surface area contributed by atoms with Gasteiger partial charge in [-0.25, -0.2) is 18.2 Å². The van der Waals surface area contributed by atoms with E-state index in [0.717, 1.165) is 6.07 Å². The standard InChI is InChI=1S/C17H18F3N3O3/c18-12-2-1-9(22-14(24)8-3-4-25-7-8)5-10(12)17(15(19)20)11-6-13(11)26-16(21)23-17/h1-2,5,8,11,13,15H,3-4,6-7H2,(H2,21,23)(H,22,24)/t8?,11-,13+,17+/m0/s1. The van der Waals surface area contributed by atoms with Crippen LogP contribution in [0.1, 0.15) is 18.4 Å². The highest BCUT2D eigenvalue weighted by Gasteiger charge is 2.64. The van der Waals surface area contributed by atoms with E-state index < -0.39 is 29.8 Å². The zero-order valence-electron chi connectivity index (χ0n) is 13.8. The fraction of sp³-hybridized carbons (Fsp3) is 0.529. The Balaban J connectivity index is 1.69. The van der Waals surface area contributed by atoms with Gasteiger partial charge in [0, 0.05) is 23.8 Å². The predicted molar refractivity (Wildman–Crippen MR) is 86.2 cm³/mol. The number of halogens is 3. The molecular weight excluding hydrogens is 351 g/mol. The summed E-state index contributed by atoms with van der Waals surface area (Å²) in [6, 6.07) is 3.23. The fourth-order valence-electron chi connectivity index (χ4n) is 3.70. The van der Waals surface area contributed by atoms with Gasteiger partial charge < -0.3 is 20.5 Å². The lowest BCUT2D eigenvalue weighted by molar-refractivity contribution is -0.119. The highest BCUT2D eigenvalue weighted by molar-refractivity contribution is 5.93. The summed E-state index contributed by atoms with van der Waals surface area (Å²) in [5, 5.41) is 2.64. The second-order valence-electron chi connectivity index (χ2n) is 6.82. The number of hydrogen-bond donors (Lipinski definition) is 2. The van der Waals surface area contributed by atoms with E-state index in [2.05, 4.69) is 10.3 Å². The smallest absolute Gasteiger partial charge is 0.283 e. The number of anilines is 1. The molecule has 1 saturated carbocycles. The first-order chi connectivity index (χ1) is 12.4. The van der Waals surface area contributed by atoms with Crippen molar-refractivity contribution in [2.75, 3.05) is 18.5 Å². The summed E-state index contributed by atoms with van der Waals surface area (Å²) in [5.41, 5.74) is 3.39. The van der Waals surface area contributed by atoms with E-state index in [1.165, 1.54) is 12.1 Å². The van der Waals surface area contributed by atoms with E-state index in [1.807, 2.05) is 0 Å². The molecule has 0 radical (unpaired) electrons. The van der Waals surface area contributed by atoms with Crippen LogP contribution in [0.3, 0.4) is 0 Å². The first kappa shape index (κ1) is 17.1. The Kier molecular flexibility index (Phi) is 4.06. The predicted octanol–water partition coefficient (Wildman–Crippen LogP) is 1.99. The van der Waals surface area contributed by atoms with Gasteiger partial charge in [0.25, 0.3) is 12.4 Å². The third kappa shape index (κ3) is 2.70. The van der Waals surface area contributed by atoms with E-state index in [1.54, 1.807) is 0 Å². The number of nitrogens with two attached hydrogens (primary N) is 1. The Morgan fingerprint density at radius 2 is 2.23 bits per heavy atom. The molecule has 1 unspecified atom stereocenters. The number of amidine groups is 1. The summed E-state index contributed by atoms with van der Waals surface area (Å²) >= 11 is 0. The van der Waals surface area contributed by atoms with Crippen LogP contribution in [0, 0.1) is 17.7 Å². The summed E-state index contributed by atoms with van der Waals surface area (Å²) in [6.07, 6.45) is -2.55. The minimum absolute atomic E-state index is 0.232. The number of rotatable bonds is 4. The molecule has 6 nitrogen and oxygen atoms in total. The molecule has 1 aromatic rings. The maximum absolute atomic E-state index is 14.5. The highest BCUT2D eigenvalue weighted by atomic mass is 19.3. The third-order valence-electron chi connectivity index (χ3n) is 5.16. The zero-order chi connectivity index (χ0) is 18.5. The molecule has 4 atom stereocenters. The molecule has 140 valence electrons. The van der Waals surface area contributed by atoms with Gasteiger partial charge in [-0.05, 0) is 31.0 Å². The van der Waals surface area contributed by atoms with E-state index in [9.17, 15) is 18.0 Å². The molecule has 3 aliphatic rings. The van der Waals surface area contributed by atoms with Crippen molar-refractivity contribution in [1.29, 1.82) is 0 Å². The van der Waals surface area contributed by atoms with E-state index in [0.29, 0.717) is 26.1 Å². The van der Waals surface area contributed by atoms with E-state index in [-0.39, 0.29) is 29.1 Å². The number of fused-ring (bicyclic) bond motifs is 1. The number of nitrogens with one attached hydrogen (secondary N) is 1. The van der Waals surface area contributed by atoms with Crippen molar-refractivity contribution >= 4 is 17.6 Å². The van der Waals surface area contributed by atoms with Crippen LogP contribution in [0.4, 0.5) is 18.9 Å². The lowest BCUT2D eigenvalue weighted by Gasteiger charge is -2.33. The second kappa shape index (κ2) is 6.15. The maximum Gasteiger partial charge on any atom is 0.283 e. The maximum atomic E-state index is 14.5.